The molecular weight excluding hydrogens is 326 g/mol. The molecule has 0 N–H and O–H groups in total. The van der Waals surface area contributed by atoms with E-state index in [0.717, 1.165) is 35.1 Å². The van der Waals surface area contributed by atoms with Crippen molar-refractivity contribution in [2.75, 3.05) is 7.11 Å². The van der Waals surface area contributed by atoms with E-state index in [1.54, 1.807) is 7.11 Å². The van der Waals surface area contributed by atoms with E-state index in [4.69, 9.17) is 4.74 Å². The number of carbonyl (C=O) groups excluding carboxylic acids is 2. The van der Waals surface area contributed by atoms with Gasteiger partial charge in [0.25, 0.3) is 0 Å². The predicted octanol–water partition coefficient (Wildman–Crippen LogP) is 5.03. The van der Waals surface area contributed by atoms with Crippen molar-refractivity contribution in [2.45, 2.75) is 59.4 Å². The third-order valence-corrected chi connectivity index (χ3v) is 5.49. The maximum Gasteiger partial charge on any atom is 0.165 e. The van der Waals surface area contributed by atoms with Gasteiger partial charge in [0.05, 0.1) is 19.2 Å². The Bertz CT molecular complexity index is 820. The molecule has 26 heavy (non-hydrogen) atoms. The van der Waals surface area contributed by atoms with Gasteiger partial charge in [-0.3, -0.25) is 9.59 Å². The van der Waals surface area contributed by atoms with Gasteiger partial charge in [-0.25, -0.2) is 0 Å². The van der Waals surface area contributed by atoms with Crippen molar-refractivity contribution < 1.29 is 14.3 Å². The van der Waals surface area contributed by atoms with Crippen LogP contribution in [0.3, 0.4) is 0 Å². The third kappa shape index (κ3) is 3.84. The summed E-state index contributed by atoms with van der Waals surface area (Å²) in [6.45, 7) is 6.04. The zero-order chi connectivity index (χ0) is 18.9. The highest BCUT2D eigenvalue weighted by atomic mass is 16.5. The number of hydrogen-bond donors (Lipinski definition) is 0. The van der Waals surface area contributed by atoms with Gasteiger partial charge in [-0.15, -0.1) is 0 Å². The minimum atomic E-state index is -0.413. The van der Waals surface area contributed by atoms with Crippen LogP contribution in [0.5, 0.6) is 5.75 Å². The van der Waals surface area contributed by atoms with Gasteiger partial charge in [0, 0.05) is 35.0 Å². The third-order valence-electron chi connectivity index (χ3n) is 5.49. The second kappa shape index (κ2) is 7.26. The number of methoxy groups -OCH3 is 1. The summed E-state index contributed by atoms with van der Waals surface area (Å²) < 4.78 is 7.25. The molecule has 1 aromatic heterocycles. The van der Waals surface area contributed by atoms with Gasteiger partial charge >= 0.3 is 0 Å². The van der Waals surface area contributed by atoms with Crippen LogP contribution in [0.25, 0.3) is 10.9 Å². The summed E-state index contributed by atoms with van der Waals surface area (Å²) in [4.78, 5) is 25.5. The molecule has 1 aliphatic carbocycles. The second-order valence-electron chi connectivity index (χ2n) is 8.50. The lowest BCUT2D eigenvalue weighted by Crippen LogP contribution is -2.24. The summed E-state index contributed by atoms with van der Waals surface area (Å²) >= 11 is 0. The summed E-state index contributed by atoms with van der Waals surface area (Å²) in [6.07, 6.45) is 7.25. The minimum Gasteiger partial charge on any atom is -0.497 e. The number of carbonyl (C=O) groups is 2. The number of aromatic nitrogens is 1. The lowest BCUT2D eigenvalue weighted by atomic mass is 9.91. The minimum absolute atomic E-state index is 0.145. The Morgan fingerprint density at radius 2 is 1.88 bits per heavy atom. The van der Waals surface area contributed by atoms with Gasteiger partial charge in [-0.2, -0.15) is 0 Å². The first kappa shape index (κ1) is 18.7. The quantitative estimate of drug-likeness (QED) is 0.683. The van der Waals surface area contributed by atoms with E-state index in [1.807, 2.05) is 49.7 Å². The topological polar surface area (TPSA) is 48.3 Å². The Kier molecular flexibility index (Phi) is 5.22. The average molecular weight is 355 g/mol. The summed E-state index contributed by atoms with van der Waals surface area (Å²) in [5.41, 5.74) is 1.21. The van der Waals surface area contributed by atoms with Crippen molar-refractivity contribution >= 4 is 22.5 Å². The van der Waals surface area contributed by atoms with Crippen molar-refractivity contribution in [3.05, 3.63) is 30.0 Å². The van der Waals surface area contributed by atoms with Crippen molar-refractivity contribution in [3.63, 3.8) is 0 Å². The largest absolute Gasteiger partial charge is 0.497 e. The first-order chi connectivity index (χ1) is 12.3. The van der Waals surface area contributed by atoms with E-state index < -0.39 is 5.41 Å². The molecule has 1 aromatic carbocycles. The van der Waals surface area contributed by atoms with Crippen LogP contribution in [-0.4, -0.2) is 23.2 Å². The number of benzene rings is 1. The van der Waals surface area contributed by atoms with Crippen LogP contribution < -0.4 is 4.74 Å². The summed E-state index contributed by atoms with van der Waals surface area (Å²) in [7, 11) is 1.63. The fraction of sp³-hybridized carbons (Fsp3) is 0.545. The van der Waals surface area contributed by atoms with E-state index in [9.17, 15) is 9.59 Å². The molecule has 1 heterocycles. The molecule has 0 bridgehead atoms. The molecule has 3 rings (SSSR count). The molecule has 0 atom stereocenters. The lowest BCUT2D eigenvalue weighted by Gasteiger charge is -2.17. The highest BCUT2D eigenvalue weighted by molar-refractivity contribution is 6.08. The van der Waals surface area contributed by atoms with Crippen molar-refractivity contribution in [1.82, 2.24) is 4.57 Å². The van der Waals surface area contributed by atoms with E-state index in [1.165, 1.54) is 12.8 Å². The average Bonchev–Trinajstić information content (AvgIpc) is 3.21. The number of fused-ring (bicyclic) bond motifs is 1. The van der Waals surface area contributed by atoms with E-state index in [-0.39, 0.29) is 18.1 Å². The van der Waals surface area contributed by atoms with Crippen LogP contribution in [0.2, 0.25) is 0 Å². The molecule has 140 valence electrons. The van der Waals surface area contributed by atoms with Crippen LogP contribution in [0.15, 0.2) is 24.4 Å². The maximum atomic E-state index is 12.9. The molecule has 1 saturated carbocycles. The molecule has 0 spiro atoms. The van der Waals surface area contributed by atoms with Crippen molar-refractivity contribution in [2.24, 2.45) is 11.3 Å². The Hall–Kier alpha value is -2.10. The highest BCUT2D eigenvalue weighted by Crippen LogP contribution is 2.32. The summed E-state index contributed by atoms with van der Waals surface area (Å²) in [5.74, 6) is 1.58. The maximum absolute atomic E-state index is 12.9. The molecule has 4 nitrogen and oxygen atoms in total. The summed E-state index contributed by atoms with van der Waals surface area (Å²) in [5, 5.41) is 0.913. The molecule has 0 aliphatic heterocycles. The predicted molar refractivity (Wildman–Crippen MR) is 104 cm³/mol. The monoisotopic (exact) mass is 355 g/mol. The first-order valence-electron chi connectivity index (χ1n) is 9.53. The Morgan fingerprint density at radius 3 is 2.50 bits per heavy atom. The summed E-state index contributed by atoms with van der Waals surface area (Å²) in [6, 6.07) is 5.73. The molecule has 1 fully saturated rings. The van der Waals surface area contributed by atoms with Gasteiger partial charge in [-0.05, 0) is 18.1 Å². The fourth-order valence-electron chi connectivity index (χ4n) is 3.73. The zero-order valence-corrected chi connectivity index (χ0v) is 16.3. The normalized spacial score (nSPS) is 15.5. The molecule has 0 amide bonds. The van der Waals surface area contributed by atoms with Crippen LogP contribution in [0.4, 0.5) is 0 Å². The number of hydrogen-bond acceptors (Lipinski definition) is 3. The number of nitrogens with zero attached hydrogens (tertiary/aromatic N) is 1. The Balaban J connectivity index is 1.97. The first-order valence-corrected chi connectivity index (χ1v) is 9.53. The second-order valence-corrected chi connectivity index (χ2v) is 8.50. The molecule has 4 heteroatoms. The van der Waals surface area contributed by atoms with Gasteiger partial charge in [0.15, 0.2) is 11.6 Å². The Labute approximate surface area is 155 Å². The van der Waals surface area contributed by atoms with Gasteiger partial charge in [-0.1, -0.05) is 46.5 Å². The lowest BCUT2D eigenvalue weighted by molar-refractivity contribution is -0.126. The smallest absolute Gasteiger partial charge is 0.165 e. The molecule has 0 unspecified atom stereocenters. The van der Waals surface area contributed by atoms with Crippen molar-refractivity contribution in [1.29, 1.82) is 0 Å². The van der Waals surface area contributed by atoms with E-state index >= 15 is 0 Å². The zero-order valence-electron chi connectivity index (χ0n) is 16.3. The molecule has 1 aliphatic rings. The fourth-order valence-corrected chi connectivity index (χ4v) is 3.73. The number of Topliss-reactive ketones (excluding diaryl/α,β-unsaturated/α-hetero) is 2. The molecule has 2 aromatic rings. The Morgan fingerprint density at radius 1 is 1.19 bits per heavy atom. The van der Waals surface area contributed by atoms with Crippen LogP contribution in [-0.2, 0) is 11.3 Å². The molecule has 0 saturated heterocycles. The van der Waals surface area contributed by atoms with Gasteiger partial charge in [0.2, 0.25) is 0 Å². The standard InChI is InChI=1S/C22H29NO3/c1-22(2,3)21(25)14-23-13-18(20(24)11-15-7-5-6-8-15)17-10-9-16(26-4)12-19(17)23/h9-10,12-13,15H,5-8,11,14H2,1-4H3. The van der Waals surface area contributed by atoms with Crippen LogP contribution in [0, 0.1) is 11.3 Å². The van der Waals surface area contributed by atoms with Crippen LogP contribution >= 0.6 is 0 Å². The van der Waals surface area contributed by atoms with Gasteiger partial charge < -0.3 is 9.30 Å². The van der Waals surface area contributed by atoms with Crippen molar-refractivity contribution in [3.8, 4) is 5.75 Å². The van der Waals surface area contributed by atoms with E-state index in [0.29, 0.717) is 12.3 Å². The molecular formula is C22H29NO3. The number of ketones is 2. The highest BCUT2D eigenvalue weighted by Gasteiger charge is 2.25. The molecule has 0 radical (unpaired) electrons. The SMILES string of the molecule is COc1ccc2c(C(=O)CC3CCCC3)cn(CC(=O)C(C)(C)C)c2c1. The number of ether oxygens (including phenoxy) is 1. The van der Waals surface area contributed by atoms with E-state index in [2.05, 4.69) is 0 Å². The van der Waals surface area contributed by atoms with Gasteiger partial charge in [0.1, 0.15) is 5.75 Å². The number of rotatable bonds is 6. The van der Waals surface area contributed by atoms with Crippen LogP contribution in [0.1, 0.15) is 63.2 Å².